The van der Waals surface area contributed by atoms with Gasteiger partial charge in [-0.3, -0.25) is 9.59 Å². The van der Waals surface area contributed by atoms with E-state index >= 15 is 0 Å². The summed E-state index contributed by atoms with van der Waals surface area (Å²) in [7, 11) is -2.53. The van der Waals surface area contributed by atoms with E-state index in [0.29, 0.717) is 11.4 Å². The third-order valence-electron chi connectivity index (χ3n) is 2.88. The molecule has 0 saturated heterocycles. The van der Waals surface area contributed by atoms with Crippen molar-refractivity contribution in [3.63, 3.8) is 0 Å². The molecule has 24 heavy (non-hydrogen) atoms. The molecule has 1 heterocycles. The van der Waals surface area contributed by atoms with Crippen LogP contribution in [0.1, 0.15) is 17.5 Å². The van der Waals surface area contributed by atoms with Crippen LogP contribution in [0.2, 0.25) is 5.02 Å². The van der Waals surface area contributed by atoms with E-state index in [4.69, 9.17) is 16.0 Å². The minimum Gasteiger partial charge on any atom is -0.438 e. The molecule has 0 aliphatic rings. The van der Waals surface area contributed by atoms with Crippen LogP contribution in [0.25, 0.3) is 0 Å². The van der Waals surface area contributed by atoms with Crippen LogP contribution in [0.5, 0.6) is 0 Å². The first kappa shape index (κ1) is 18.0. The number of amides is 2. The van der Waals surface area contributed by atoms with Crippen LogP contribution in [-0.2, 0) is 14.8 Å². The molecule has 8 nitrogen and oxygen atoms in total. The Bertz CT molecular complexity index is 892. The highest BCUT2D eigenvalue weighted by molar-refractivity contribution is 7.89. The van der Waals surface area contributed by atoms with Gasteiger partial charge in [-0.1, -0.05) is 11.6 Å². The van der Waals surface area contributed by atoms with Crippen LogP contribution in [0.3, 0.4) is 0 Å². The van der Waals surface area contributed by atoms with Crippen molar-refractivity contribution in [3.8, 4) is 0 Å². The van der Waals surface area contributed by atoms with E-state index in [1.54, 1.807) is 0 Å². The number of hydrogen-bond donors (Lipinski definition) is 3. The van der Waals surface area contributed by atoms with Crippen molar-refractivity contribution in [1.82, 2.24) is 4.72 Å². The fraction of sp³-hybridized carbons (Fsp3) is 0.143. The summed E-state index contributed by atoms with van der Waals surface area (Å²) in [5, 5.41) is 4.92. The van der Waals surface area contributed by atoms with Crippen molar-refractivity contribution < 1.29 is 22.4 Å². The van der Waals surface area contributed by atoms with E-state index < -0.39 is 15.9 Å². The normalized spacial score (nSPS) is 11.1. The molecule has 0 fully saturated rings. The van der Waals surface area contributed by atoms with Crippen molar-refractivity contribution in [2.24, 2.45) is 0 Å². The largest absolute Gasteiger partial charge is 0.438 e. The van der Waals surface area contributed by atoms with Crippen molar-refractivity contribution in [2.45, 2.75) is 12.0 Å². The van der Waals surface area contributed by atoms with Crippen molar-refractivity contribution in [1.29, 1.82) is 0 Å². The van der Waals surface area contributed by atoms with E-state index in [1.807, 2.05) is 0 Å². The van der Waals surface area contributed by atoms with Gasteiger partial charge in [-0.2, -0.15) is 0 Å². The lowest BCUT2D eigenvalue weighted by Crippen LogP contribution is -2.18. The molecule has 2 aromatic rings. The molecule has 2 amide bonds. The molecule has 0 unspecified atom stereocenters. The van der Waals surface area contributed by atoms with Crippen LogP contribution in [0.4, 0.5) is 11.4 Å². The molecule has 0 bridgehead atoms. The van der Waals surface area contributed by atoms with Crippen LogP contribution in [-0.4, -0.2) is 27.3 Å². The van der Waals surface area contributed by atoms with E-state index in [-0.39, 0.29) is 21.8 Å². The van der Waals surface area contributed by atoms with E-state index in [1.165, 1.54) is 44.3 Å². The number of carbonyl (C=O) groups excluding carboxylic acids is 2. The molecular formula is C14H14ClN3O5S. The monoisotopic (exact) mass is 371 g/mol. The number of furan rings is 1. The number of carbonyl (C=O) groups is 2. The summed E-state index contributed by atoms with van der Waals surface area (Å²) < 4.78 is 30.3. The Morgan fingerprint density at radius 3 is 2.42 bits per heavy atom. The molecule has 10 heteroatoms. The van der Waals surface area contributed by atoms with E-state index in [0.717, 1.165) is 0 Å². The molecule has 3 N–H and O–H groups in total. The number of benzene rings is 1. The fourth-order valence-electron chi connectivity index (χ4n) is 1.76. The van der Waals surface area contributed by atoms with Gasteiger partial charge in [0.25, 0.3) is 15.9 Å². The number of nitrogens with one attached hydrogen (secondary N) is 3. The van der Waals surface area contributed by atoms with Crippen LogP contribution in [0, 0.1) is 0 Å². The number of anilines is 2. The molecule has 0 radical (unpaired) electrons. The maximum Gasteiger partial charge on any atom is 0.291 e. The molecule has 1 aromatic carbocycles. The first-order valence-corrected chi connectivity index (χ1v) is 8.51. The predicted octanol–water partition coefficient (Wildman–Crippen LogP) is 2.05. The molecule has 0 aliphatic heterocycles. The Morgan fingerprint density at radius 2 is 1.83 bits per heavy atom. The van der Waals surface area contributed by atoms with Gasteiger partial charge in [0, 0.05) is 12.6 Å². The van der Waals surface area contributed by atoms with Gasteiger partial charge in [0.15, 0.2) is 5.76 Å². The first-order valence-electron chi connectivity index (χ1n) is 6.65. The molecule has 0 spiro atoms. The minimum atomic E-state index is -3.77. The highest BCUT2D eigenvalue weighted by atomic mass is 35.5. The third-order valence-corrected chi connectivity index (χ3v) is 4.48. The maximum atomic E-state index is 12.1. The Morgan fingerprint density at radius 1 is 1.12 bits per heavy atom. The highest BCUT2D eigenvalue weighted by Gasteiger charge is 2.19. The first-order chi connectivity index (χ1) is 11.2. The average Bonchev–Trinajstić information content (AvgIpc) is 3.00. The Balaban J connectivity index is 2.15. The standard InChI is InChI=1S/C14H14ClN3O5S/c1-8(19)17-11-4-3-9(7-10(11)15)18-14(20)12-5-6-13(23-12)24(21,22)16-2/h3-7,16H,1-2H3,(H,17,19)(H,18,20). The van der Waals surface area contributed by atoms with E-state index in [9.17, 15) is 18.0 Å². The van der Waals surface area contributed by atoms with Crippen molar-refractivity contribution in [3.05, 3.63) is 41.1 Å². The van der Waals surface area contributed by atoms with Gasteiger partial charge in [-0.15, -0.1) is 0 Å². The zero-order chi connectivity index (χ0) is 17.9. The predicted molar refractivity (Wildman–Crippen MR) is 88.7 cm³/mol. The zero-order valence-corrected chi connectivity index (χ0v) is 14.3. The second kappa shape index (κ2) is 7.04. The number of rotatable bonds is 5. The topological polar surface area (TPSA) is 118 Å². The molecule has 0 atom stereocenters. The van der Waals surface area contributed by atoms with Crippen molar-refractivity contribution >= 4 is 44.8 Å². The average molecular weight is 372 g/mol. The maximum absolute atomic E-state index is 12.1. The lowest BCUT2D eigenvalue weighted by Gasteiger charge is -2.08. The van der Waals surface area contributed by atoms with Crippen LogP contribution >= 0.6 is 11.6 Å². The number of hydrogen-bond acceptors (Lipinski definition) is 5. The van der Waals surface area contributed by atoms with Gasteiger partial charge in [0.1, 0.15) is 0 Å². The van der Waals surface area contributed by atoms with E-state index in [2.05, 4.69) is 15.4 Å². The van der Waals surface area contributed by atoms with Gasteiger partial charge in [0.2, 0.25) is 11.0 Å². The molecule has 2 rings (SSSR count). The fourth-order valence-corrected chi connectivity index (χ4v) is 2.64. The SMILES string of the molecule is CNS(=O)(=O)c1ccc(C(=O)Nc2ccc(NC(C)=O)c(Cl)c2)o1. The van der Waals surface area contributed by atoms with Crippen LogP contribution in [0.15, 0.2) is 39.8 Å². The summed E-state index contributed by atoms with van der Waals surface area (Å²) in [6.07, 6.45) is 0. The number of halogens is 1. The van der Waals surface area contributed by atoms with Gasteiger partial charge in [-0.25, -0.2) is 13.1 Å². The van der Waals surface area contributed by atoms with Gasteiger partial charge in [0.05, 0.1) is 10.7 Å². The molecule has 128 valence electrons. The smallest absolute Gasteiger partial charge is 0.291 e. The quantitative estimate of drug-likeness (QED) is 0.743. The summed E-state index contributed by atoms with van der Waals surface area (Å²) in [6, 6.07) is 6.92. The summed E-state index contributed by atoms with van der Waals surface area (Å²) >= 11 is 6.01. The summed E-state index contributed by atoms with van der Waals surface area (Å²) in [5.41, 5.74) is 0.760. The van der Waals surface area contributed by atoms with Gasteiger partial charge < -0.3 is 15.1 Å². The van der Waals surface area contributed by atoms with Gasteiger partial charge >= 0.3 is 0 Å². The van der Waals surface area contributed by atoms with Crippen LogP contribution < -0.4 is 15.4 Å². The van der Waals surface area contributed by atoms with Gasteiger partial charge in [-0.05, 0) is 37.4 Å². The Hall–Kier alpha value is -2.36. The zero-order valence-electron chi connectivity index (χ0n) is 12.7. The van der Waals surface area contributed by atoms with Crippen molar-refractivity contribution in [2.75, 3.05) is 17.7 Å². The lowest BCUT2D eigenvalue weighted by molar-refractivity contribution is -0.114. The second-order valence-corrected chi connectivity index (χ2v) is 6.88. The second-order valence-electron chi connectivity index (χ2n) is 4.66. The Labute approximate surface area is 143 Å². The summed E-state index contributed by atoms with van der Waals surface area (Å²) in [4.78, 5) is 23.1. The lowest BCUT2D eigenvalue weighted by atomic mass is 10.2. The minimum absolute atomic E-state index is 0.175. The molecule has 0 aliphatic carbocycles. The summed E-state index contributed by atoms with van der Waals surface area (Å²) in [6.45, 7) is 1.35. The molecule has 0 saturated carbocycles. The highest BCUT2D eigenvalue weighted by Crippen LogP contribution is 2.26. The summed E-state index contributed by atoms with van der Waals surface area (Å²) in [5.74, 6) is -1.09. The third kappa shape index (κ3) is 4.13. The Kier molecular flexibility index (Phi) is 5.27. The molecule has 1 aromatic heterocycles. The number of sulfonamides is 1. The molecular weight excluding hydrogens is 358 g/mol.